The number of ether oxygens (including phenoxy) is 6. The fourth-order valence-electron chi connectivity index (χ4n) is 15.7. The molecule has 3 aliphatic rings. The fraction of sp³-hybridized carbons (Fsp3) is 0.400. The first-order chi connectivity index (χ1) is 55.6. The van der Waals surface area contributed by atoms with E-state index in [1.54, 1.807) is 48.5 Å². The molecular formula is C90H105N7O18S3. The van der Waals surface area contributed by atoms with E-state index in [1.807, 2.05) is 49.9 Å². The summed E-state index contributed by atoms with van der Waals surface area (Å²) in [6.07, 6.45) is -0.667. The molecule has 0 aromatic heterocycles. The van der Waals surface area contributed by atoms with Crippen LogP contribution in [0.3, 0.4) is 0 Å². The van der Waals surface area contributed by atoms with Crippen molar-refractivity contribution in [2.75, 3.05) is 100 Å². The first-order valence-electron chi connectivity index (χ1n) is 39.5. The highest BCUT2D eigenvalue weighted by Crippen LogP contribution is 2.46. The van der Waals surface area contributed by atoms with Crippen molar-refractivity contribution in [1.82, 2.24) is 17.8 Å². The number of sulfonamides is 3. The average Bonchev–Trinajstić information content (AvgIpc) is 0.763. The molecule has 0 fully saturated rings. The van der Waals surface area contributed by atoms with Crippen molar-refractivity contribution in [3.63, 3.8) is 0 Å². The van der Waals surface area contributed by atoms with Crippen LogP contribution >= 0.6 is 0 Å². The highest BCUT2D eigenvalue weighted by atomic mass is 32.2. The molecule has 16 bridgehead atoms. The molecule has 0 atom stereocenters. The standard InChI is InChI=1S/C90H105N7O18S3/c1-58-16-22-79(23-17-58)116(104,105)92-31-28-91-29-32-93(117(106,107)80-24-18-59(2)19-25-80)35-38-114-86-63-40-61-46-73(88(4,5)6)47-62(85(61)113-37-34-92)41-64-49-75(90(10,11)12)51-66(87(64)115-39-36-94(33-30-91)118(108,109)81-26-20-60(3)21-27-81)43-68-53-77(96(100)101)55-70(83(68)111-14)45-72-57-78(97(102)103)56-71(84(72)112-15)44-69-54-76(95(98)99)52-67(82(69)110-13)42-65(86)50-74(48-63)89(7,8)9/h16-27,46-57H,28-45H2,1-15H3. The van der Waals surface area contributed by atoms with Crippen LogP contribution in [0.5, 0.6) is 34.5 Å². The lowest BCUT2D eigenvalue weighted by Crippen LogP contribution is -2.47. The topological polar surface area (TPSA) is 300 Å². The summed E-state index contributed by atoms with van der Waals surface area (Å²) in [5.74, 6) is 1.48. The van der Waals surface area contributed by atoms with E-state index in [0.29, 0.717) is 61.8 Å². The van der Waals surface area contributed by atoms with E-state index >= 15 is 25.3 Å². The van der Waals surface area contributed by atoms with E-state index in [-0.39, 0.29) is 188 Å². The molecule has 9 aromatic rings. The van der Waals surface area contributed by atoms with Gasteiger partial charge in [-0.15, -0.1) is 0 Å². The minimum absolute atomic E-state index is 0.0156. The van der Waals surface area contributed by atoms with Gasteiger partial charge in [0.2, 0.25) is 30.1 Å². The molecule has 0 saturated heterocycles. The second-order valence-corrected chi connectivity index (χ2v) is 39.7. The van der Waals surface area contributed by atoms with Crippen LogP contribution in [-0.2, 0) is 84.8 Å². The van der Waals surface area contributed by atoms with Gasteiger partial charge in [-0.3, -0.25) is 35.2 Å². The van der Waals surface area contributed by atoms with Gasteiger partial charge in [-0.25, -0.2) is 25.3 Å². The van der Waals surface area contributed by atoms with Gasteiger partial charge >= 0.3 is 0 Å². The van der Waals surface area contributed by atoms with Crippen molar-refractivity contribution in [3.8, 4) is 34.5 Å². The summed E-state index contributed by atoms with van der Waals surface area (Å²) in [6, 6.07) is 39.8. The second-order valence-electron chi connectivity index (χ2n) is 33.9. The Morgan fingerprint density at radius 1 is 0.314 bits per heavy atom. The number of hydrogen-bond acceptors (Lipinski definition) is 19. The van der Waals surface area contributed by atoms with Crippen LogP contribution in [0.2, 0.25) is 0 Å². The van der Waals surface area contributed by atoms with Crippen molar-refractivity contribution >= 4 is 47.1 Å². The molecule has 0 N–H and O–H groups in total. The van der Waals surface area contributed by atoms with E-state index < -0.39 is 61.1 Å². The third kappa shape index (κ3) is 19.3. The SMILES string of the molecule is COc1c2cc([N+](=O)[O-])cc1Cc1cc([N+](=O)[O-])cc(c1OC)Cc1cc(C(C)(C)C)cc3c1OCCN(S(=O)(=O)c1ccc(C)cc1)CCN1CCN(S(=O)(=O)c4ccc(C)cc4)CCOc4c(cc(C(C)(C)C)cc4Cc4cc(C(C)(C)C)cc(c4OCCN(S(=O)(=O)c4ccc(C)cc4)CC1)C3)Cc1cc([N+](=O)[O-])cc(c1OC)C2. The number of fused-ring (bicyclic) bond motifs is 12. The zero-order valence-electron chi connectivity index (χ0n) is 69.8. The van der Waals surface area contributed by atoms with Gasteiger partial charge in [-0.2, -0.15) is 12.9 Å². The normalized spacial score (nSPS) is 15.8. The van der Waals surface area contributed by atoms with E-state index in [9.17, 15) is 30.3 Å². The fourth-order valence-corrected chi connectivity index (χ4v) is 20.0. The largest absolute Gasteiger partial charge is 0.496 e. The van der Waals surface area contributed by atoms with Crippen molar-refractivity contribution < 1.29 is 68.4 Å². The molecule has 1 aliphatic carbocycles. The Kier molecular flexibility index (Phi) is 25.7. The Morgan fingerprint density at radius 2 is 0.517 bits per heavy atom. The van der Waals surface area contributed by atoms with Gasteiger partial charge in [0.15, 0.2) is 0 Å². The Balaban J connectivity index is 1.23. The summed E-state index contributed by atoms with van der Waals surface area (Å²) in [6.45, 7) is 21.7. The highest BCUT2D eigenvalue weighted by molar-refractivity contribution is 7.89. The molecular weight excluding hydrogens is 1560 g/mol. The van der Waals surface area contributed by atoms with Gasteiger partial charge < -0.3 is 28.4 Å². The molecule has 25 nitrogen and oxygen atoms in total. The van der Waals surface area contributed by atoms with E-state index in [2.05, 4.69) is 74.4 Å². The first-order valence-corrected chi connectivity index (χ1v) is 43.8. The van der Waals surface area contributed by atoms with Crippen LogP contribution in [-0.4, -0.2) is 158 Å². The number of nitro groups is 3. The summed E-state index contributed by atoms with van der Waals surface area (Å²) < 4.78 is 139. The number of aryl methyl sites for hydroxylation is 3. The Bertz CT molecular complexity index is 5400. The molecule has 2 heterocycles. The lowest BCUT2D eigenvalue weighted by molar-refractivity contribution is -0.385. The van der Waals surface area contributed by atoms with E-state index in [1.165, 1.54) is 94.9 Å². The minimum atomic E-state index is -4.45. The molecule has 9 aromatic carbocycles. The minimum Gasteiger partial charge on any atom is -0.496 e. The zero-order valence-corrected chi connectivity index (χ0v) is 72.2. The summed E-state index contributed by atoms with van der Waals surface area (Å²) in [4.78, 5) is 40.6. The molecule has 12 rings (SSSR count). The van der Waals surface area contributed by atoms with Crippen molar-refractivity contribution in [3.05, 3.63) is 276 Å². The van der Waals surface area contributed by atoms with Crippen molar-refractivity contribution in [2.45, 2.75) is 153 Å². The quantitative estimate of drug-likeness (QED) is 0.0623. The number of rotatable bonds is 12. The molecule has 0 unspecified atom stereocenters. The average molecular weight is 1670 g/mol. The number of nitrogens with zero attached hydrogens (tertiary/aromatic N) is 7. The molecule has 118 heavy (non-hydrogen) atoms. The van der Waals surface area contributed by atoms with Gasteiger partial charge in [0, 0.05) is 167 Å². The monoisotopic (exact) mass is 1670 g/mol. The first kappa shape index (κ1) is 87.0. The molecule has 626 valence electrons. The maximum Gasteiger partial charge on any atom is 0.270 e. The highest BCUT2D eigenvalue weighted by Gasteiger charge is 2.36. The molecule has 0 amide bonds. The maximum absolute atomic E-state index is 15.7. The van der Waals surface area contributed by atoms with Gasteiger partial charge in [-0.05, 0) is 123 Å². The molecule has 28 heteroatoms. The van der Waals surface area contributed by atoms with Gasteiger partial charge in [0.25, 0.3) is 17.1 Å². The Labute approximate surface area is 692 Å². The van der Waals surface area contributed by atoms with Crippen LogP contribution in [0, 0.1) is 51.1 Å². The van der Waals surface area contributed by atoms with Crippen LogP contribution in [0.25, 0.3) is 0 Å². The number of methoxy groups -OCH3 is 3. The Hall–Kier alpha value is -10.3. The van der Waals surface area contributed by atoms with Crippen LogP contribution in [0.15, 0.2) is 160 Å². The van der Waals surface area contributed by atoms with Crippen LogP contribution < -0.4 is 28.4 Å². The number of hydrogen-bond donors (Lipinski definition) is 0. The lowest BCUT2D eigenvalue weighted by atomic mass is 9.80. The summed E-state index contributed by atoms with van der Waals surface area (Å²) in [7, 11) is -9.07. The predicted octanol–water partition coefficient (Wildman–Crippen LogP) is 15.7. The second kappa shape index (κ2) is 34.9. The number of non-ortho nitro benzene ring substituents is 3. The molecule has 0 saturated carbocycles. The van der Waals surface area contributed by atoms with Crippen LogP contribution in [0.1, 0.15) is 162 Å². The molecule has 2 aliphatic heterocycles. The predicted molar refractivity (Wildman–Crippen MR) is 454 cm³/mol. The molecule has 0 spiro atoms. The zero-order chi connectivity index (χ0) is 85.3. The van der Waals surface area contributed by atoms with Crippen LogP contribution in [0.4, 0.5) is 17.1 Å². The van der Waals surface area contributed by atoms with E-state index in [4.69, 9.17) is 28.4 Å². The third-order valence-electron chi connectivity index (χ3n) is 22.3. The summed E-state index contributed by atoms with van der Waals surface area (Å²) >= 11 is 0. The smallest absolute Gasteiger partial charge is 0.270 e. The number of benzene rings is 9. The van der Waals surface area contributed by atoms with Crippen molar-refractivity contribution in [1.29, 1.82) is 0 Å². The van der Waals surface area contributed by atoms with Gasteiger partial charge in [-0.1, -0.05) is 152 Å². The van der Waals surface area contributed by atoms with Gasteiger partial charge in [0.1, 0.15) is 54.3 Å². The van der Waals surface area contributed by atoms with Gasteiger partial charge in [0.05, 0.1) is 50.8 Å². The molecule has 0 radical (unpaired) electrons. The maximum atomic E-state index is 15.7. The summed E-state index contributed by atoms with van der Waals surface area (Å²) in [5, 5.41) is 40.4. The van der Waals surface area contributed by atoms with E-state index in [0.717, 1.165) is 33.4 Å². The lowest BCUT2D eigenvalue weighted by Gasteiger charge is -2.32. The third-order valence-corrected chi connectivity index (χ3v) is 28.0. The number of nitro benzene ring substituents is 3. The summed E-state index contributed by atoms with van der Waals surface area (Å²) in [5.41, 5.74) is 6.97. The Morgan fingerprint density at radius 3 is 0.712 bits per heavy atom. The van der Waals surface area contributed by atoms with Crippen molar-refractivity contribution in [2.24, 2.45) is 0 Å².